The number of hydrogen-bond donors (Lipinski definition) is 0. The maximum absolute atomic E-state index is 11.7. The van der Waals surface area contributed by atoms with Crippen molar-refractivity contribution in [1.82, 2.24) is 14.5 Å². The summed E-state index contributed by atoms with van der Waals surface area (Å²) in [5.41, 5.74) is 5.49. The number of benzene rings is 2. The van der Waals surface area contributed by atoms with Gasteiger partial charge in [0.15, 0.2) is 0 Å². The van der Waals surface area contributed by atoms with Gasteiger partial charge in [0.05, 0.1) is 17.6 Å². The molecule has 1 fully saturated rings. The summed E-state index contributed by atoms with van der Waals surface area (Å²) in [6.45, 7) is 4.32. The average molecular weight is 354 g/mol. The summed E-state index contributed by atoms with van der Waals surface area (Å²) in [5.74, 6) is 0.260. The first-order valence-corrected chi connectivity index (χ1v) is 8.96. The molecule has 0 radical (unpaired) electrons. The lowest BCUT2D eigenvalue weighted by molar-refractivity contribution is -0.128. The Bertz CT molecular complexity index is 930. The van der Waals surface area contributed by atoms with Gasteiger partial charge in [0.25, 0.3) is 0 Å². The Morgan fingerprint density at radius 2 is 1.80 bits per heavy atom. The van der Waals surface area contributed by atoms with E-state index in [2.05, 4.69) is 42.2 Å². The highest BCUT2D eigenvalue weighted by Crippen LogP contribution is 2.23. The van der Waals surface area contributed by atoms with Gasteiger partial charge in [-0.2, -0.15) is 0 Å². The molecular weight excluding hydrogens is 334 g/mol. The molecule has 0 saturated carbocycles. The number of aromatic nitrogens is 2. The number of likely N-dealkylation sites (tertiary alicyclic amines) is 1. The highest BCUT2D eigenvalue weighted by atomic mass is 35.5. The number of hydrogen-bond acceptors (Lipinski definition) is 2. The minimum absolute atomic E-state index is 0.260. The molecule has 0 unspecified atom stereocenters. The van der Waals surface area contributed by atoms with Crippen molar-refractivity contribution in [2.24, 2.45) is 0 Å². The predicted molar refractivity (Wildman–Crippen MR) is 99.7 cm³/mol. The fourth-order valence-electron chi connectivity index (χ4n) is 3.38. The Hall–Kier alpha value is -2.33. The van der Waals surface area contributed by atoms with E-state index in [9.17, 15) is 4.79 Å². The minimum atomic E-state index is 0.260. The van der Waals surface area contributed by atoms with Gasteiger partial charge in [0, 0.05) is 19.5 Å². The van der Waals surface area contributed by atoms with Crippen LogP contribution in [-0.2, 0) is 17.9 Å². The van der Waals surface area contributed by atoms with Crippen molar-refractivity contribution in [2.75, 3.05) is 6.54 Å². The number of nitrogens with zero attached hydrogens (tertiary/aromatic N) is 3. The van der Waals surface area contributed by atoms with Gasteiger partial charge in [-0.25, -0.2) is 4.98 Å². The lowest BCUT2D eigenvalue weighted by atomic mass is 10.1. The Morgan fingerprint density at radius 1 is 1.08 bits per heavy atom. The van der Waals surface area contributed by atoms with Gasteiger partial charge < -0.3 is 9.47 Å². The molecule has 1 amide bonds. The fraction of sp³-hybridized carbons (Fsp3) is 0.300. The van der Waals surface area contributed by atoms with Crippen molar-refractivity contribution >= 4 is 28.5 Å². The molecule has 2 aromatic carbocycles. The van der Waals surface area contributed by atoms with Crippen LogP contribution in [0.5, 0.6) is 0 Å². The summed E-state index contributed by atoms with van der Waals surface area (Å²) in [6, 6.07) is 14.6. The number of carbonyl (C=O) groups is 1. The summed E-state index contributed by atoms with van der Waals surface area (Å²) in [7, 11) is 0. The second-order valence-electron chi connectivity index (χ2n) is 6.69. The first-order chi connectivity index (χ1) is 12.1. The van der Waals surface area contributed by atoms with E-state index in [-0.39, 0.29) is 5.91 Å². The van der Waals surface area contributed by atoms with Crippen LogP contribution in [0.2, 0.25) is 5.28 Å². The zero-order valence-electron chi connectivity index (χ0n) is 14.2. The Labute approximate surface area is 152 Å². The number of imidazole rings is 1. The first-order valence-electron chi connectivity index (χ1n) is 8.58. The molecule has 25 heavy (non-hydrogen) atoms. The van der Waals surface area contributed by atoms with Crippen molar-refractivity contribution in [3.63, 3.8) is 0 Å². The Morgan fingerprint density at radius 3 is 2.48 bits per heavy atom. The molecular formula is C20H20ClN3O. The van der Waals surface area contributed by atoms with E-state index in [1.165, 1.54) is 11.1 Å². The SMILES string of the molecule is Cc1ccc2nc(Cl)n(Cc3ccc(CN4CCCC4=O)cc3)c2c1. The van der Waals surface area contributed by atoms with Gasteiger partial charge in [-0.15, -0.1) is 0 Å². The molecule has 0 spiro atoms. The zero-order valence-corrected chi connectivity index (χ0v) is 15.0. The third-order valence-corrected chi connectivity index (χ3v) is 5.05. The molecule has 0 bridgehead atoms. The zero-order chi connectivity index (χ0) is 17.4. The van der Waals surface area contributed by atoms with Crippen LogP contribution in [0.4, 0.5) is 0 Å². The Kier molecular flexibility index (Phi) is 4.22. The number of aryl methyl sites for hydroxylation is 1. The monoisotopic (exact) mass is 353 g/mol. The topological polar surface area (TPSA) is 38.1 Å². The van der Waals surface area contributed by atoms with E-state index in [0.717, 1.165) is 29.6 Å². The lowest BCUT2D eigenvalue weighted by Gasteiger charge is -2.15. The van der Waals surface area contributed by atoms with Gasteiger partial charge in [0.1, 0.15) is 0 Å². The van der Waals surface area contributed by atoms with E-state index in [1.54, 1.807) is 0 Å². The molecule has 1 aliphatic rings. The Balaban J connectivity index is 1.54. The molecule has 1 saturated heterocycles. The molecule has 0 N–H and O–H groups in total. The molecule has 4 rings (SSSR count). The molecule has 4 nitrogen and oxygen atoms in total. The van der Waals surface area contributed by atoms with Crippen molar-refractivity contribution in [3.05, 3.63) is 64.4 Å². The smallest absolute Gasteiger partial charge is 0.222 e. The van der Waals surface area contributed by atoms with Crippen molar-refractivity contribution in [1.29, 1.82) is 0 Å². The van der Waals surface area contributed by atoms with Crippen molar-refractivity contribution in [3.8, 4) is 0 Å². The van der Waals surface area contributed by atoms with Crippen molar-refractivity contribution in [2.45, 2.75) is 32.9 Å². The standard InChI is InChI=1S/C20H20ClN3O/c1-14-4-9-17-18(11-14)24(20(21)22-17)13-16-7-5-15(6-8-16)12-23-10-2-3-19(23)25/h4-9,11H,2-3,10,12-13H2,1H3. The highest BCUT2D eigenvalue weighted by Gasteiger charge is 2.19. The fourth-order valence-corrected chi connectivity index (χ4v) is 3.62. The third-order valence-electron chi connectivity index (χ3n) is 4.77. The molecule has 0 aliphatic carbocycles. The van der Waals surface area contributed by atoms with E-state index in [1.807, 2.05) is 21.6 Å². The summed E-state index contributed by atoms with van der Waals surface area (Å²) < 4.78 is 2.03. The molecule has 3 aromatic rings. The van der Waals surface area contributed by atoms with Crippen LogP contribution in [0.25, 0.3) is 11.0 Å². The molecule has 5 heteroatoms. The molecule has 2 heterocycles. The number of carbonyl (C=O) groups excluding carboxylic acids is 1. The maximum Gasteiger partial charge on any atom is 0.222 e. The van der Waals surface area contributed by atoms with Gasteiger partial charge >= 0.3 is 0 Å². The van der Waals surface area contributed by atoms with Crippen molar-refractivity contribution < 1.29 is 4.79 Å². The quantitative estimate of drug-likeness (QED) is 0.706. The van der Waals surface area contributed by atoms with E-state index in [0.29, 0.717) is 24.8 Å². The third kappa shape index (κ3) is 3.27. The van der Waals surface area contributed by atoms with E-state index >= 15 is 0 Å². The summed E-state index contributed by atoms with van der Waals surface area (Å²) in [5, 5.41) is 0.507. The van der Waals surface area contributed by atoms with Crippen LogP contribution in [0.15, 0.2) is 42.5 Å². The molecule has 0 atom stereocenters. The number of fused-ring (bicyclic) bond motifs is 1. The second-order valence-corrected chi connectivity index (χ2v) is 7.03. The second kappa shape index (κ2) is 6.52. The highest BCUT2D eigenvalue weighted by molar-refractivity contribution is 6.29. The summed E-state index contributed by atoms with van der Waals surface area (Å²) in [4.78, 5) is 18.1. The van der Waals surface area contributed by atoms with E-state index < -0.39 is 0 Å². The lowest BCUT2D eigenvalue weighted by Crippen LogP contribution is -2.23. The molecule has 1 aliphatic heterocycles. The summed E-state index contributed by atoms with van der Waals surface area (Å²) in [6.07, 6.45) is 1.66. The van der Waals surface area contributed by atoms with Gasteiger partial charge in [-0.1, -0.05) is 30.3 Å². The average Bonchev–Trinajstić information content (AvgIpc) is 3.13. The number of halogens is 1. The van der Waals surface area contributed by atoms with Crippen LogP contribution < -0.4 is 0 Å². The minimum Gasteiger partial charge on any atom is -0.338 e. The van der Waals surface area contributed by atoms with Gasteiger partial charge in [-0.3, -0.25) is 4.79 Å². The van der Waals surface area contributed by atoms with Crippen LogP contribution in [-0.4, -0.2) is 26.9 Å². The first kappa shape index (κ1) is 16.2. The largest absolute Gasteiger partial charge is 0.338 e. The predicted octanol–water partition coefficient (Wildman–Crippen LogP) is 4.17. The maximum atomic E-state index is 11.7. The van der Waals surface area contributed by atoms with Crippen LogP contribution >= 0.6 is 11.6 Å². The van der Waals surface area contributed by atoms with Gasteiger partial charge in [-0.05, 0) is 53.8 Å². The molecule has 1 aromatic heterocycles. The number of amides is 1. The van der Waals surface area contributed by atoms with E-state index in [4.69, 9.17) is 11.6 Å². The number of rotatable bonds is 4. The van der Waals surface area contributed by atoms with Crippen LogP contribution in [0.3, 0.4) is 0 Å². The summed E-state index contributed by atoms with van der Waals surface area (Å²) >= 11 is 6.34. The van der Waals surface area contributed by atoms with Gasteiger partial charge in [0.2, 0.25) is 11.2 Å². The van der Waals surface area contributed by atoms with Crippen LogP contribution in [0, 0.1) is 6.92 Å². The van der Waals surface area contributed by atoms with Crippen LogP contribution in [0.1, 0.15) is 29.5 Å². The normalized spacial score (nSPS) is 14.6. The molecule has 128 valence electrons.